The topological polar surface area (TPSA) is 0 Å². The minimum Gasteiger partial charge on any atom is -0.143 e. The Bertz CT molecular complexity index is 315. The van der Waals surface area contributed by atoms with Crippen molar-refractivity contribution in [3.63, 3.8) is 0 Å². The van der Waals surface area contributed by atoms with Gasteiger partial charge in [-0.1, -0.05) is 65.0 Å². The second kappa shape index (κ2) is 8.63. The van der Waals surface area contributed by atoms with E-state index in [0.717, 1.165) is 10.8 Å². The van der Waals surface area contributed by atoms with Crippen molar-refractivity contribution in [3.8, 4) is 0 Å². The average Bonchev–Trinajstić information content (AvgIpc) is 2.35. The standard InChI is InChI=1S/C17H28S/c1-4-7-14(2)8-5-6-9-15(3)16-10-12-17(18)13-11-16/h10-15,18H,4-9H2,1-3H3. The summed E-state index contributed by atoms with van der Waals surface area (Å²) in [5.74, 6) is 1.59. The molecule has 0 nitrogen and oxygen atoms in total. The van der Waals surface area contributed by atoms with E-state index < -0.39 is 0 Å². The van der Waals surface area contributed by atoms with E-state index in [9.17, 15) is 0 Å². The SMILES string of the molecule is CCCC(C)CCCCC(C)c1ccc(S)cc1. The van der Waals surface area contributed by atoms with Crippen molar-refractivity contribution in [1.29, 1.82) is 0 Å². The van der Waals surface area contributed by atoms with Gasteiger partial charge in [0, 0.05) is 4.90 Å². The first-order valence-corrected chi connectivity index (χ1v) is 7.87. The molecule has 0 aliphatic rings. The van der Waals surface area contributed by atoms with Crippen LogP contribution in [0, 0.1) is 5.92 Å². The van der Waals surface area contributed by atoms with Gasteiger partial charge in [0.15, 0.2) is 0 Å². The van der Waals surface area contributed by atoms with Crippen LogP contribution in [0.15, 0.2) is 29.2 Å². The number of hydrogen-bond acceptors (Lipinski definition) is 1. The summed E-state index contributed by atoms with van der Waals surface area (Å²) in [5.41, 5.74) is 1.45. The van der Waals surface area contributed by atoms with E-state index >= 15 is 0 Å². The van der Waals surface area contributed by atoms with E-state index in [4.69, 9.17) is 0 Å². The minimum absolute atomic E-state index is 0.681. The third-order valence-corrected chi connectivity index (χ3v) is 4.13. The molecule has 102 valence electrons. The van der Waals surface area contributed by atoms with E-state index in [-0.39, 0.29) is 0 Å². The van der Waals surface area contributed by atoms with Crippen LogP contribution in [0.4, 0.5) is 0 Å². The molecule has 0 heterocycles. The molecule has 2 unspecified atom stereocenters. The molecule has 0 aliphatic heterocycles. The lowest BCUT2D eigenvalue weighted by Gasteiger charge is -2.13. The second-order valence-electron chi connectivity index (χ2n) is 5.67. The van der Waals surface area contributed by atoms with Crippen LogP contribution in [0.2, 0.25) is 0 Å². The van der Waals surface area contributed by atoms with E-state index in [1.54, 1.807) is 0 Å². The van der Waals surface area contributed by atoms with Crippen LogP contribution < -0.4 is 0 Å². The van der Waals surface area contributed by atoms with Crippen molar-refractivity contribution in [1.82, 2.24) is 0 Å². The Morgan fingerprint density at radius 1 is 0.944 bits per heavy atom. The van der Waals surface area contributed by atoms with Crippen molar-refractivity contribution in [2.75, 3.05) is 0 Å². The van der Waals surface area contributed by atoms with Gasteiger partial charge >= 0.3 is 0 Å². The van der Waals surface area contributed by atoms with Gasteiger partial charge in [0.2, 0.25) is 0 Å². The average molecular weight is 264 g/mol. The summed E-state index contributed by atoms with van der Waals surface area (Å²) in [7, 11) is 0. The highest BCUT2D eigenvalue weighted by Crippen LogP contribution is 2.24. The molecule has 0 fully saturated rings. The van der Waals surface area contributed by atoms with Crippen molar-refractivity contribution in [3.05, 3.63) is 29.8 Å². The van der Waals surface area contributed by atoms with Crippen LogP contribution in [0.25, 0.3) is 0 Å². The second-order valence-corrected chi connectivity index (χ2v) is 6.19. The largest absolute Gasteiger partial charge is 0.143 e. The first-order valence-electron chi connectivity index (χ1n) is 7.42. The predicted octanol–water partition coefficient (Wildman–Crippen LogP) is 6.08. The fourth-order valence-corrected chi connectivity index (χ4v) is 2.70. The maximum atomic E-state index is 4.33. The quantitative estimate of drug-likeness (QED) is 0.427. The molecule has 0 aromatic heterocycles. The zero-order chi connectivity index (χ0) is 13.4. The fourth-order valence-electron chi connectivity index (χ4n) is 2.55. The normalized spacial score (nSPS) is 14.4. The molecule has 2 atom stereocenters. The zero-order valence-electron chi connectivity index (χ0n) is 12.2. The van der Waals surface area contributed by atoms with Crippen LogP contribution >= 0.6 is 12.6 Å². The van der Waals surface area contributed by atoms with Crippen molar-refractivity contribution in [2.24, 2.45) is 5.92 Å². The number of unbranched alkanes of at least 4 members (excludes halogenated alkanes) is 1. The molecule has 1 aromatic rings. The molecule has 0 saturated carbocycles. The lowest BCUT2D eigenvalue weighted by molar-refractivity contribution is 0.449. The van der Waals surface area contributed by atoms with Gasteiger partial charge in [-0.15, -0.1) is 12.6 Å². The molecule has 0 bridgehead atoms. The fraction of sp³-hybridized carbons (Fsp3) is 0.647. The summed E-state index contributed by atoms with van der Waals surface area (Å²) in [5, 5.41) is 0. The van der Waals surface area contributed by atoms with Crippen molar-refractivity contribution < 1.29 is 0 Å². The molecule has 0 saturated heterocycles. The molecular weight excluding hydrogens is 236 g/mol. The summed E-state index contributed by atoms with van der Waals surface area (Å²) in [4.78, 5) is 1.05. The molecule has 1 heteroatoms. The van der Waals surface area contributed by atoms with Crippen molar-refractivity contribution in [2.45, 2.75) is 70.1 Å². The van der Waals surface area contributed by atoms with Gasteiger partial charge in [-0.05, 0) is 36.0 Å². The number of rotatable bonds is 8. The molecule has 0 spiro atoms. The third-order valence-electron chi connectivity index (χ3n) is 3.83. The highest BCUT2D eigenvalue weighted by molar-refractivity contribution is 7.80. The third kappa shape index (κ3) is 5.95. The van der Waals surface area contributed by atoms with Crippen molar-refractivity contribution >= 4 is 12.6 Å². The molecule has 18 heavy (non-hydrogen) atoms. The number of thiol groups is 1. The lowest BCUT2D eigenvalue weighted by atomic mass is 9.93. The zero-order valence-corrected chi connectivity index (χ0v) is 13.0. The highest BCUT2D eigenvalue weighted by Gasteiger charge is 2.06. The summed E-state index contributed by atoms with van der Waals surface area (Å²) < 4.78 is 0. The molecule has 0 radical (unpaired) electrons. The lowest BCUT2D eigenvalue weighted by Crippen LogP contribution is -1.96. The van der Waals surface area contributed by atoms with Gasteiger partial charge in [0.05, 0.1) is 0 Å². The Hall–Kier alpha value is -0.430. The Kier molecular flexibility index (Phi) is 7.50. The molecular formula is C17H28S. The summed E-state index contributed by atoms with van der Waals surface area (Å²) >= 11 is 4.33. The Morgan fingerprint density at radius 3 is 2.17 bits per heavy atom. The monoisotopic (exact) mass is 264 g/mol. The smallest absolute Gasteiger partial charge is 0.00401 e. The summed E-state index contributed by atoms with van der Waals surface area (Å²) in [6.45, 7) is 7.00. The first-order chi connectivity index (χ1) is 8.63. The van der Waals surface area contributed by atoms with Gasteiger partial charge in [-0.2, -0.15) is 0 Å². The Morgan fingerprint density at radius 2 is 1.56 bits per heavy atom. The summed E-state index contributed by atoms with van der Waals surface area (Å²) in [6.07, 6.45) is 8.17. The highest BCUT2D eigenvalue weighted by atomic mass is 32.1. The van der Waals surface area contributed by atoms with Gasteiger partial charge in [0.25, 0.3) is 0 Å². The van der Waals surface area contributed by atoms with Crippen LogP contribution in [-0.2, 0) is 0 Å². The molecule has 1 aromatic carbocycles. The Balaban J connectivity index is 2.21. The molecule has 1 rings (SSSR count). The number of benzene rings is 1. The van der Waals surface area contributed by atoms with Crippen LogP contribution in [-0.4, -0.2) is 0 Å². The molecule has 0 N–H and O–H groups in total. The summed E-state index contributed by atoms with van der Waals surface area (Å²) in [6, 6.07) is 8.62. The van der Waals surface area contributed by atoms with E-state index in [1.807, 2.05) is 0 Å². The maximum absolute atomic E-state index is 4.33. The molecule has 0 amide bonds. The van der Waals surface area contributed by atoms with Crippen LogP contribution in [0.5, 0.6) is 0 Å². The van der Waals surface area contributed by atoms with Crippen LogP contribution in [0.3, 0.4) is 0 Å². The minimum atomic E-state index is 0.681. The number of hydrogen-bond donors (Lipinski definition) is 1. The predicted molar refractivity (Wildman–Crippen MR) is 84.6 cm³/mol. The van der Waals surface area contributed by atoms with E-state index in [0.29, 0.717) is 5.92 Å². The van der Waals surface area contributed by atoms with Gasteiger partial charge in [-0.3, -0.25) is 0 Å². The van der Waals surface area contributed by atoms with Crippen LogP contribution in [0.1, 0.15) is 70.8 Å². The maximum Gasteiger partial charge on any atom is 0.00401 e. The van der Waals surface area contributed by atoms with Gasteiger partial charge < -0.3 is 0 Å². The Labute approximate surface area is 119 Å². The first kappa shape index (κ1) is 15.6. The van der Waals surface area contributed by atoms with E-state index in [1.165, 1.54) is 44.1 Å². The van der Waals surface area contributed by atoms with Gasteiger partial charge in [0.1, 0.15) is 0 Å². The molecule has 0 aliphatic carbocycles. The van der Waals surface area contributed by atoms with Gasteiger partial charge in [-0.25, -0.2) is 0 Å². The van der Waals surface area contributed by atoms with E-state index in [2.05, 4.69) is 57.7 Å².